The van der Waals surface area contributed by atoms with E-state index >= 15 is 0 Å². The summed E-state index contributed by atoms with van der Waals surface area (Å²) in [5.74, 6) is 2.31. The Balaban J connectivity index is 0.000000753. The fourth-order valence-electron chi connectivity index (χ4n) is 5.61. The molecule has 0 aliphatic heterocycles. The molecule has 0 aromatic carbocycles. The Morgan fingerprint density at radius 2 is 1.87 bits per heavy atom. The molecule has 2 fully saturated rings. The minimum atomic E-state index is -0.0928. The molecule has 0 heterocycles. The molecule has 23 heavy (non-hydrogen) atoms. The van der Waals surface area contributed by atoms with E-state index in [0.717, 1.165) is 30.6 Å². The van der Waals surface area contributed by atoms with Crippen LogP contribution in [0.4, 0.5) is 0 Å². The second-order valence-corrected chi connectivity index (χ2v) is 8.11. The van der Waals surface area contributed by atoms with E-state index in [0.29, 0.717) is 5.41 Å². The first-order chi connectivity index (χ1) is 11.1. The Morgan fingerprint density at radius 3 is 2.65 bits per heavy atom. The molecule has 1 heteroatoms. The normalized spacial score (nSPS) is 42.2. The standard InChI is InChI=1S/C20H28O.C2H6/c1-13-3-8-19-18-7-5-14-4-6-17(21)12-16(14)11-15(18)9-10-20(13,19)2;1-2/h9,11,14,17-19,21H,1,3-8,10,12H2,2H3;1-2H3. The van der Waals surface area contributed by atoms with Gasteiger partial charge in [0.1, 0.15) is 0 Å². The zero-order valence-electron chi connectivity index (χ0n) is 15.3. The fraction of sp³-hybridized carbons (Fsp3) is 0.727. The van der Waals surface area contributed by atoms with Crippen molar-refractivity contribution in [3.05, 3.63) is 35.5 Å². The van der Waals surface area contributed by atoms with E-state index < -0.39 is 0 Å². The third-order valence-electron chi connectivity index (χ3n) is 7.08. The van der Waals surface area contributed by atoms with E-state index in [9.17, 15) is 5.11 Å². The number of hydrogen-bond donors (Lipinski definition) is 1. The van der Waals surface area contributed by atoms with Crippen molar-refractivity contribution in [3.8, 4) is 0 Å². The van der Waals surface area contributed by atoms with Crippen molar-refractivity contribution in [2.45, 2.75) is 78.2 Å². The highest BCUT2D eigenvalue weighted by Gasteiger charge is 2.48. The minimum Gasteiger partial charge on any atom is -0.393 e. The summed E-state index contributed by atoms with van der Waals surface area (Å²) in [6.07, 6.45) is 14.5. The predicted octanol–water partition coefficient (Wildman–Crippen LogP) is 5.81. The molecule has 0 spiro atoms. The lowest BCUT2D eigenvalue weighted by molar-refractivity contribution is 0.132. The van der Waals surface area contributed by atoms with Crippen molar-refractivity contribution >= 4 is 0 Å². The van der Waals surface area contributed by atoms with Crippen molar-refractivity contribution < 1.29 is 5.11 Å². The predicted molar refractivity (Wildman–Crippen MR) is 98.2 cm³/mol. The summed E-state index contributed by atoms with van der Waals surface area (Å²) in [5, 5.41) is 9.99. The molecule has 4 rings (SSSR count). The molecule has 128 valence electrons. The van der Waals surface area contributed by atoms with Crippen LogP contribution in [0.3, 0.4) is 0 Å². The van der Waals surface area contributed by atoms with E-state index in [2.05, 4.69) is 25.7 Å². The number of allylic oxidation sites excluding steroid dienone is 4. The van der Waals surface area contributed by atoms with Gasteiger partial charge in [0.25, 0.3) is 0 Å². The molecule has 4 aliphatic rings. The molecular weight excluding hydrogens is 280 g/mol. The van der Waals surface area contributed by atoms with Gasteiger partial charge in [0.2, 0.25) is 0 Å². The van der Waals surface area contributed by atoms with Crippen LogP contribution in [0.5, 0.6) is 0 Å². The first kappa shape index (κ1) is 17.0. The summed E-state index contributed by atoms with van der Waals surface area (Å²) in [7, 11) is 0. The molecule has 0 aromatic heterocycles. The van der Waals surface area contributed by atoms with Crippen LogP contribution in [0.1, 0.15) is 72.1 Å². The molecule has 0 saturated heterocycles. The smallest absolute Gasteiger partial charge is 0.0577 e. The van der Waals surface area contributed by atoms with Crippen LogP contribution < -0.4 is 0 Å². The lowest BCUT2D eigenvalue weighted by Crippen LogP contribution is -2.33. The fourth-order valence-corrected chi connectivity index (χ4v) is 5.61. The molecule has 1 nitrogen and oxygen atoms in total. The number of hydrogen-bond acceptors (Lipinski definition) is 1. The van der Waals surface area contributed by atoms with E-state index in [-0.39, 0.29) is 6.10 Å². The van der Waals surface area contributed by atoms with Gasteiger partial charge in [-0.05, 0) is 80.1 Å². The molecule has 2 saturated carbocycles. The average molecular weight is 315 g/mol. The van der Waals surface area contributed by atoms with Gasteiger partial charge in [-0.2, -0.15) is 0 Å². The molecule has 0 amide bonds. The van der Waals surface area contributed by atoms with Crippen molar-refractivity contribution in [2.24, 2.45) is 23.2 Å². The zero-order chi connectivity index (χ0) is 16.6. The quantitative estimate of drug-likeness (QED) is 0.559. The number of aliphatic hydroxyl groups is 1. The van der Waals surface area contributed by atoms with Gasteiger partial charge in [0.15, 0.2) is 0 Å². The number of aliphatic hydroxyl groups excluding tert-OH is 1. The lowest BCUT2D eigenvalue weighted by Gasteiger charge is -2.41. The number of fused-ring (bicyclic) bond motifs is 4. The third kappa shape index (κ3) is 2.86. The highest BCUT2D eigenvalue weighted by atomic mass is 16.3. The maximum atomic E-state index is 9.99. The highest BCUT2D eigenvalue weighted by molar-refractivity contribution is 5.37. The van der Waals surface area contributed by atoms with Gasteiger partial charge in [0, 0.05) is 0 Å². The second kappa shape index (κ2) is 6.59. The Bertz CT molecular complexity index is 526. The van der Waals surface area contributed by atoms with Gasteiger partial charge in [-0.15, -0.1) is 0 Å². The summed E-state index contributed by atoms with van der Waals surface area (Å²) >= 11 is 0. The van der Waals surface area contributed by atoms with Gasteiger partial charge >= 0.3 is 0 Å². The maximum absolute atomic E-state index is 9.99. The largest absolute Gasteiger partial charge is 0.393 e. The molecule has 0 bridgehead atoms. The van der Waals surface area contributed by atoms with Gasteiger partial charge < -0.3 is 5.11 Å². The summed E-state index contributed by atoms with van der Waals surface area (Å²) in [4.78, 5) is 0. The molecule has 5 unspecified atom stereocenters. The van der Waals surface area contributed by atoms with E-state index in [1.54, 1.807) is 11.1 Å². The maximum Gasteiger partial charge on any atom is 0.0577 e. The Labute approximate surface area is 142 Å². The van der Waals surface area contributed by atoms with Crippen LogP contribution in [0, 0.1) is 23.2 Å². The van der Waals surface area contributed by atoms with Crippen molar-refractivity contribution in [1.82, 2.24) is 0 Å². The third-order valence-corrected chi connectivity index (χ3v) is 7.08. The average Bonchev–Trinajstić information content (AvgIpc) is 2.75. The Hall–Kier alpha value is -0.820. The number of rotatable bonds is 0. The van der Waals surface area contributed by atoms with Crippen LogP contribution in [0.25, 0.3) is 0 Å². The van der Waals surface area contributed by atoms with Crippen LogP contribution >= 0.6 is 0 Å². The van der Waals surface area contributed by atoms with E-state index in [1.165, 1.54) is 44.1 Å². The van der Waals surface area contributed by atoms with Crippen molar-refractivity contribution in [3.63, 3.8) is 0 Å². The van der Waals surface area contributed by atoms with E-state index in [1.807, 2.05) is 13.8 Å². The van der Waals surface area contributed by atoms with Crippen molar-refractivity contribution in [1.29, 1.82) is 0 Å². The molecule has 4 aliphatic carbocycles. The first-order valence-electron chi connectivity index (χ1n) is 9.85. The first-order valence-corrected chi connectivity index (χ1v) is 9.85. The van der Waals surface area contributed by atoms with Crippen molar-refractivity contribution in [2.75, 3.05) is 0 Å². The van der Waals surface area contributed by atoms with Gasteiger partial charge in [-0.1, -0.05) is 50.6 Å². The van der Waals surface area contributed by atoms with Crippen LogP contribution in [-0.4, -0.2) is 11.2 Å². The molecule has 1 N–H and O–H groups in total. The molecular formula is C22H34O. The van der Waals surface area contributed by atoms with E-state index in [4.69, 9.17) is 0 Å². The lowest BCUT2D eigenvalue weighted by atomic mass is 9.63. The van der Waals surface area contributed by atoms with Crippen LogP contribution in [0.15, 0.2) is 35.5 Å². The van der Waals surface area contributed by atoms with Gasteiger partial charge in [-0.3, -0.25) is 0 Å². The molecule has 0 aromatic rings. The minimum absolute atomic E-state index is 0.0928. The molecule has 0 radical (unpaired) electrons. The van der Waals surface area contributed by atoms with Gasteiger partial charge in [0.05, 0.1) is 6.10 Å². The summed E-state index contributed by atoms with van der Waals surface area (Å²) in [6.45, 7) is 10.8. The highest BCUT2D eigenvalue weighted by Crippen LogP contribution is 2.58. The Kier molecular flexibility index (Phi) is 4.88. The monoisotopic (exact) mass is 314 g/mol. The zero-order valence-corrected chi connectivity index (χ0v) is 15.3. The SMILES string of the molecule is C=C1CCC2C3CCC4CCC(O)CC4=CC3=CCC12C.CC. The topological polar surface area (TPSA) is 20.2 Å². The van der Waals surface area contributed by atoms with Gasteiger partial charge in [-0.25, -0.2) is 0 Å². The van der Waals surface area contributed by atoms with Crippen LogP contribution in [-0.2, 0) is 0 Å². The van der Waals surface area contributed by atoms with Crippen LogP contribution in [0.2, 0.25) is 0 Å². The summed E-state index contributed by atoms with van der Waals surface area (Å²) in [6, 6.07) is 0. The summed E-state index contributed by atoms with van der Waals surface area (Å²) < 4.78 is 0. The second-order valence-electron chi connectivity index (χ2n) is 8.11. The molecule has 5 atom stereocenters. The Morgan fingerprint density at radius 1 is 1.13 bits per heavy atom. The summed E-state index contributed by atoms with van der Waals surface area (Å²) in [5.41, 5.74) is 5.00.